The third-order valence-corrected chi connectivity index (χ3v) is 3.62. The number of nitrogens with one attached hydrogen (secondary N) is 2. The molecule has 0 fully saturated rings. The minimum absolute atomic E-state index is 0.000712. The predicted molar refractivity (Wildman–Crippen MR) is 95.9 cm³/mol. The molecular formula is C19H23N3O2. The van der Waals surface area contributed by atoms with Crippen LogP contribution >= 0.6 is 0 Å². The minimum Gasteiger partial charge on any atom is -0.373 e. The summed E-state index contributed by atoms with van der Waals surface area (Å²) in [6.45, 7) is 1.23. The molecule has 0 aromatic heterocycles. The quantitative estimate of drug-likeness (QED) is 0.775. The summed E-state index contributed by atoms with van der Waals surface area (Å²) in [6, 6.07) is 19.4. The number of amides is 2. The molecule has 24 heavy (non-hydrogen) atoms. The number of nitrogens with zero attached hydrogens (tertiary/aromatic N) is 1. The van der Waals surface area contributed by atoms with Crippen molar-refractivity contribution < 1.29 is 9.59 Å². The van der Waals surface area contributed by atoms with Crippen LogP contribution < -0.4 is 15.5 Å². The lowest BCUT2D eigenvalue weighted by Gasteiger charge is -2.19. The number of anilines is 1. The van der Waals surface area contributed by atoms with E-state index in [9.17, 15) is 9.59 Å². The molecule has 0 unspecified atom stereocenters. The molecule has 0 aliphatic heterocycles. The van der Waals surface area contributed by atoms with Crippen LogP contribution in [0, 0.1) is 0 Å². The summed E-state index contributed by atoms with van der Waals surface area (Å²) < 4.78 is 0. The van der Waals surface area contributed by atoms with Crippen LogP contribution in [0.2, 0.25) is 0 Å². The highest BCUT2D eigenvalue weighted by molar-refractivity contribution is 5.85. The Bertz CT molecular complexity index is 644. The first-order chi connectivity index (χ1) is 11.6. The van der Waals surface area contributed by atoms with Gasteiger partial charge in [0.15, 0.2) is 0 Å². The van der Waals surface area contributed by atoms with Gasteiger partial charge >= 0.3 is 0 Å². The second-order valence-electron chi connectivity index (χ2n) is 5.55. The maximum atomic E-state index is 11.8. The molecule has 0 spiro atoms. The lowest BCUT2D eigenvalue weighted by Crippen LogP contribution is -2.40. The second kappa shape index (κ2) is 9.35. The van der Waals surface area contributed by atoms with Gasteiger partial charge in [-0.05, 0) is 17.7 Å². The van der Waals surface area contributed by atoms with Gasteiger partial charge in [-0.25, -0.2) is 0 Å². The number of hydrogen-bond donors (Lipinski definition) is 2. The molecule has 0 aliphatic rings. The molecule has 0 radical (unpaired) electrons. The van der Waals surface area contributed by atoms with Crippen LogP contribution in [0.3, 0.4) is 0 Å². The van der Waals surface area contributed by atoms with Gasteiger partial charge in [0.1, 0.15) is 0 Å². The molecule has 2 aromatic carbocycles. The molecule has 0 bridgehead atoms. The molecule has 2 rings (SSSR count). The number of carbonyl (C=O) groups is 2. The van der Waals surface area contributed by atoms with Gasteiger partial charge in [-0.15, -0.1) is 0 Å². The standard InChI is InChI=1S/C19H23N3O2/c1-22(17-10-6-3-7-11-17)13-12-20-19(24)15-21-18(23)14-16-8-4-2-5-9-16/h2-11H,12-15H2,1H3,(H,20,24)(H,21,23). The van der Waals surface area contributed by atoms with E-state index >= 15 is 0 Å². The Kier molecular flexibility index (Phi) is 6.83. The summed E-state index contributed by atoms with van der Waals surface area (Å²) in [5.41, 5.74) is 2.03. The summed E-state index contributed by atoms with van der Waals surface area (Å²) in [4.78, 5) is 25.6. The van der Waals surface area contributed by atoms with Crippen molar-refractivity contribution in [2.75, 3.05) is 31.6 Å². The molecule has 0 aliphatic carbocycles. The zero-order valence-corrected chi connectivity index (χ0v) is 13.9. The van der Waals surface area contributed by atoms with Crippen LogP contribution in [0.15, 0.2) is 60.7 Å². The Morgan fingerprint density at radius 3 is 2.17 bits per heavy atom. The fourth-order valence-electron chi connectivity index (χ4n) is 2.26. The molecule has 2 amide bonds. The summed E-state index contributed by atoms with van der Waals surface area (Å²) in [6.07, 6.45) is 0.283. The van der Waals surface area contributed by atoms with Crippen molar-refractivity contribution in [3.63, 3.8) is 0 Å². The first-order valence-electron chi connectivity index (χ1n) is 7.98. The number of rotatable bonds is 8. The third-order valence-electron chi connectivity index (χ3n) is 3.62. The van der Waals surface area contributed by atoms with Crippen LogP contribution in [0.1, 0.15) is 5.56 Å². The minimum atomic E-state index is -0.183. The van der Waals surface area contributed by atoms with E-state index in [-0.39, 0.29) is 24.8 Å². The van der Waals surface area contributed by atoms with Crippen molar-refractivity contribution in [3.05, 3.63) is 66.2 Å². The Balaban J connectivity index is 1.62. The van der Waals surface area contributed by atoms with Crippen LogP contribution in [0.4, 0.5) is 5.69 Å². The molecule has 126 valence electrons. The number of carbonyl (C=O) groups excluding carboxylic acids is 2. The first kappa shape index (κ1) is 17.5. The van der Waals surface area contributed by atoms with E-state index < -0.39 is 0 Å². The van der Waals surface area contributed by atoms with Crippen molar-refractivity contribution in [2.24, 2.45) is 0 Å². The van der Waals surface area contributed by atoms with Gasteiger partial charge in [-0.2, -0.15) is 0 Å². The first-order valence-corrected chi connectivity index (χ1v) is 7.98. The second-order valence-corrected chi connectivity index (χ2v) is 5.55. The van der Waals surface area contributed by atoms with Gasteiger partial charge in [-0.3, -0.25) is 9.59 Å². The Labute approximate surface area is 142 Å². The maximum Gasteiger partial charge on any atom is 0.239 e. The number of para-hydroxylation sites is 1. The van der Waals surface area contributed by atoms with Crippen molar-refractivity contribution in [1.82, 2.24) is 10.6 Å². The zero-order chi connectivity index (χ0) is 17.2. The van der Waals surface area contributed by atoms with E-state index in [1.807, 2.05) is 67.7 Å². The van der Waals surface area contributed by atoms with E-state index in [4.69, 9.17) is 0 Å². The van der Waals surface area contributed by atoms with Crippen molar-refractivity contribution in [2.45, 2.75) is 6.42 Å². The van der Waals surface area contributed by atoms with Crippen LogP contribution in [0.25, 0.3) is 0 Å². The van der Waals surface area contributed by atoms with E-state index in [1.54, 1.807) is 0 Å². The summed E-state index contributed by atoms with van der Waals surface area (Å²) in [5, 5.41) is 5.44. The van der Waals surface area contributed by atoms with E-state index in [1.165, 1.54) is 0 Å². The summed E-state index contributed by atoms with van der Waals surface area (Å²) >= 11 is 0. The summed E-state index contributed by atoms with van der Waals surface area (Å²) in [5.74, 6) is -0.337. The van der Waals surface area contributed by atoms with E-state index in [2.05, 4.69) is 15.5 Å². The van der Waals surface area contributed by atoms with Crippen molar-refractivity contribution in [3.8, 4) is 0 Å². The molecule has 0 heterocycles. The average Bonchev–Trinajstić information content (AvgIpc) is 2.61. The van der Waals surface area contributed by atoms with Gasteiger partial charge in [0.25, 0.3) is 0 Å². The van der Waals surface area contributed by atoms with E-state index in [0.717, 1.165) is 11.3 Å². The zero-order valence-electron chi connectivity index (χ0n) is 13.9. The van der Waals surface area contributed by atoms with Crippen molar-refractivity contribution in [1.29, 1.82) is 0 Å². The Morgan fingerprint density at radius 1 is 0.875 bits per heavy atom. The highest BCUT2D eigenvalue weighted by atomic mass is 16.2. The lowest BCUT2D eigenvalue weighted by molar-refractivity contribution is -0.125. The lowest BCUT2D eigenvalue weighted by atomic mass is 10.1. The van der Waals surface area contributed by atoms with Crippen LogP contribution in [-0.4, -0.2) is 38.5 Å². The largest absolute Gasteiger partial charge is 0.373 e. The van der Waals surface area contributed by atoms with Gasteiger partial charge in [0.2, 0.25) is 11.8 Å². The average molecular weight is 325 g/mol. The number of likely N-dealkylation sites (N-methyl/N-ethyl adjacent to an activating group) is 1. The molecular weight excluding hydrogens is 302 g/mol. The smallest absolute Gasteiger partial charge is 0.239 e. The predicted octanol–water partition coefficient (Wildman–Crippen LogP) is 1.60. The molecule has 2 N–H and O–H groups in total. The summed E-state index contributed by atoms with van der Waals surface area (Å²) in [7, 11) is 1.98. The number of hydrogen-bond acceptors (Lipinski definition) is 3. The Morgan fingerprint density at radius 2 is 1.50 bits per heavy atom. The van der Waals surface area contributed by atoms with Crippen LogP contribution in [-0.2, 0) is 16.0 Å². The fraction of sp³-hybridized carbons (Fsp3) is 0.263. The van der Waals surface area contributed by atoms with Crippen molar-refractivity contribution >= 4 is 17.5 Å². The monoisotopic (exact) mass is 325 g/mol. The van der Waals surface area contributed by atoms with Gasteiger partial charge in [-0.1, -0.05) is 48.5 Å². The van der Waals surface area contributed by atoms with Gasteiger partial charge < -0.3 is 15.5 Å². The number of benzene rings is 2. The Hall–Kier alpha value is -2.82. The van der Waals surface area contributed by atoms with E-state index in [0.29, 0.717) is 13.1 Å². The molecule has 0 atom stereocenters. The molecule has 0 saturated carbocycles. The fourth-order valence-corrected chi connectivity index (χ4v) is 2.26. The normalized spacial score (nSPS) is 10.0. The highest BCUT2D eigenvalue weighted by Crippen LogP contribution is 2.09. The maximum absolute atomic E-state index is 11.8. The molecule has 2 aromatic rings. The van der Waals surface area contributed by atoms with Gasteiger partial charge in [0.05, 0.1) is 13.0 Å². The molecule has 5 nitrogen and oxygen atoms in total. The third kappa shape index (κ3) is 6.12. The highest BCUT2D eigenvalue weighted by Gasteiger charge is 2.06. The topological polar surface area (TPSA) is 61.4 Å². The SMILES string of the molecule is CN(CCNC(=O)CNC(=O)Cc1ccccc1)c1ccccc1. The molecule has 0 saturated heterocycles. The van der Waals surface area contributed by atoms with Gasteiger partial charge in [0, 0.05) is 25.8 Å². The molecule has 5 heteroatoms. The van der Waals surface area contributed by atoms with Crippen LogP contribution in [0.5, 0.6) is 0 Å².